The Labute approximate surface area is 139 Å². The number of carbonyl (C=O) groups excluding carboxylic acids is 1. The molecule has 0 radical (unpaired) electrons. The number of imidazole rings is 1. The monoisotopic (exact) mass is 335 g/mol. The van der Waals surface area contributed by atoms with Crippen LogP contribution in [0.25, 0.3) is 11.0 Å². The molecule has 126 valence electrons. The second-order valence-corrected chi connectivity index (χ2v) is 7.77. The second-order valence-electron chi connectivity index (χ2n) is 6.29. The van der Waals surface area contributed by atoms with Crippen molar-refractivity contribution in [1.82, 2.24) is 14.9 Å². The summed E-state index contributed by atoms with van der Waals surface area (Å²) < 4.78 is 13.4. The van der Waals surface area contributed by atoms with E-state index in [1.807, 2.05) is 31.2 Å². The van der Waals surface area contributed by atoms with Gasteiger partial charge in [-0.1, -0.05) is 19.1 Å². The van der Waals surface area contributed by atoms with Gasteiger partial charge in [-0.2, -0.15) is 0 Å². The summed E-state index contributed by atoms with van der Waals surface area (Å²) in [5.41, 5.74) is 2.00. The van der Waals surface area contributed by atoms with Gasteiger partial charge in [0.15, 0.2) is 0 Å². The zero-order valence-electron chi connectivity index (χ0n) is 14.4. The molecule has 0 spiro atoms. The molecule has 2 rings (SSSR count). The third-order valence-electron chi connectivity index (χ3n) is 3.82. The minimum atomic E-state index is -0.981. The van der Waals surface area contributed by atoms with E-state index in [1.54, 1.807) is 13.2 Å². The summed E-state index contributed by atoms with van der Waals surface area (Å²) in [6.45, 7) is 7.95. The van der Waals surface area contributed by atoms with Crippen LogP contribution >= 0.6 is 0 Å². The number of hydrogen-bond acceptors (Lipinski definition) is 3. The Balaban J connectivity index is 2.27. The number of benzene rings is 1. The molecule has 1 N–H and O–H groups in total. The van der Waals surface area contributed by atoms with Crippen molar-refractivity contribution in [3.8, 4) is 0 Å². The number of amides is 1. The molecule has 0 bridgehead atoms. The van der Waals surface area contributed by atoms with E-state index in [1.165, 1.54) is 0 Å². The molecular weight excluding hydrogens is 310 g/mol. The summed E-state index contributed by atoms with van der Waals surface area (Å²) in [7, 11) is -0.981. The molecule has 5 nitrogen and oxygen atoms in total. The lowest BCUT2D eigenvalue weighted by Gasteiger charge is -2.20. The highest BCUT2D eigenvalue weighted by Crippen LogP contribution is 2.25. The van der Waals surface area contributed by atoms with Gasteiger partial charge in [0, 0.05) is 34.8 Å². The van der Waals surface area contributed by atoms with Gasteiger partial charge in [0.05, 0.1) is 17.1 Å². The number of fused-ring (bicyclic) bond motifs is 1. The van der Waals surface area contributed by atoms with Crippen molar-refractivity contribution in [3.05, 3.63) is 30.1 Å². The summed E-state index contributed by atoms with van der Waals surface area (Å²) >= 11 is 0. The van der Waals surface area contributed by atoms with Crippen LogP contribution in [0.3, 0.4) is 0 Å². The van der Waals surface area contributed by atoms with Crippen molar-refractivity contribution < 1.29 is 9.00 Å². The minimum Gasteiger partial charge on any atom is -0.346 e. The smallest absolute Gasteiger partial charge is 0.224 e. The van der Waals surface area contributed by atoms with Gasteiger partial charge in [-0.05, 0) is 32.9 Å². The molecule has 0 aliphatic heterocycles. The Bertz CT molecular complexity index is 724. The lowest BCUT2D eigenvalue weighted by atomic mass is 10.2. The molecule has 0 unspecified atom stereocenters. The average molecular weight is 335 g/mol. The van der Waals surface area contributed by atoms with Crippen LogP contribution in [-0.2, 0) is 15.6 Å². The standard InChI is InChI=1S/C17H25N3O2S/c1-11(2)20-15-9-7-6-8-14(15)19-16(20)13(4)18-17(21)12(3)10-23(5)22/h6-9,11-13H,10H2,1-5H3,(H,18,21)/t12-,13+,23+/m1/s1. The predicted octanol–water partition coefficient (Wildman–Crippen LogP) is 2.81. The molecule has 0 aliphatic carbocycles. The van der Waals surface area contributed by atoms with Crippen molar-refractivity contribution >= 4 is 27.7 Å². The van der Waals surface area contributed by atoms with Crippen LogP contribution in [0, 0.1) is 5.92 Å². The van der Waals surface area contributed by atoms with E-state index in [9.17, 15) is 9.00 Å². The Kier molecular flexibility index (Phi) is 5.57. The molecule has 0 aliphatic rings. The topological polar surface area (TPSA) is 64.0 Å². The van der Waals surface area contributed by atoms with Crippen LogP contribution in [0.15, 0.2) is 24.3 Å². The van der Waals surface area contributed by atoms with Crippen LogP contribution < -0.4 is 5.32 Å². The molecule has 1 aromatic heterocycles. The lowest BCUT2D eigenvalue weighted by Crippen LogP contribution is -2.35. The minimum absolute atomic E-state index is 0.0879. The fraction of sp³-hybridized carbons (Fsp3) is 0.529. The number of rotatable bonds is 6. The summed E-state index contributed by atoms with van der Waals surface area (Å²) in [5, 5.41) is 3.00. The van der Waals surface area contributed by atoms with Crippen molar-refractivity contribution in [1.29, 1.82) is 0 Å². The molecule has 1 aromatic carbocycles. The largest absolute Gasteiger partial charge is 0.346 e. The average Bonchev–Trinajstić information content (AvgIpc) is 2.85. The third-order valence-corrected chi connectivity index (χ3v) is 4.79. The molecule has 23 heavy (non-hydrogen) atoms. The van der Waals surface area contributed by atoms with E-state index in [4.69, 9.17) is 4.98 Å². The Morgan fingerprint density at radius 1 is 1.26 bits per heavy atom. The summed E-state index contributed by atoms with van der Waals surface area (Å²) in [5.74, 6) is 0.855. The predicted molar refractivity (Wildman–Crippen MR) is 94.8 cm³/mol. The molecule has 1 heterocycles. The SMILES string of the molecule is CC(C)n1c([C@H](C)NC(=O)[C@H](C)C[S@](C)=O)nc2ccccc21. The van der Waals surface area contributed by atoms with E-state index in [2.05, 4.69) is 23.7 Å². The first kappa shape index (κ1) is 17.7. The number of carbonyl (C=O) groups is 1. The quantitative estimate of drug-likeness (QED) is 0.883. The fourth-order valence-electron chi connectivity index (χ4n) is 2.76. The molecule has 1 amide bonds. The van der Waals surface area contributed by atoms with Crippen LogP contribution in [0.4, 0.5) is 0 Å². The van der Waals surface area contributed by atoms with Crippen LogP contribution in [0.1, 0.15) is 45.6 Å². The first-order chi connectivity index (χ1) is 10.8. The van der Waals surface area contributed by atoms with Gasteiger partial charge in [-0.25, -0.2) is 4.98 Å². The van der Waals surface area contributed by atoms with Crippen molar-refractivity contribution in [2.45, 2.75) is 39.8 Å². The fourth-order valence-corrected chi connectivity index (χ4v) is 3.61. The van der Waals surface area contributed by atoms with Gasteiger partial charge < -0.3 is 9.88 Å². The highest BCUT2D eigenvalue weighted by Gasteiger charge is 2.22. The van der Waals surface area contributed by atoms with Crippen molar-refractivity contribution in [3.63, 3.8) is 0 Å². The van der Waals surface area contributed by atoms with E-state index in [-0.39, 0.29) is 23.9 Å². The maximum atomic E-state index is 12.3. The highest BCUT2D eigenvalue weighted by atomic mass is 32.2. The maximum absolute atomic E-state index is 12.3. The number of aromatic nitrogens is 2. The molecular formula is C17H25N3O2S. The molecule has 2 aromatic rings. The second kappa shape index (κ2) is 7.25. The van der Waals surface area contributed by atoms with Crippen LogP contribution in [0.5, 0.6) is 0 Å². The molecule has 3 atom stereocenters. The lowest BCUT2D eigenvalue weighted by molar-refractivity contribution is -0.124. The first-order valence-corrected chi connectivity index (χ1v) is 9.61. The first-order valence-electron chi connectivity index (χ1n) is 7.88. The van der Waals surface area contributed by atoms with Gasteiger partial charge >= 0.3 is 0 Å². The van der Waals surface area contributed by atoms with Crippen molar-refractivity contribution in [2.75, 3.05) is 12.0 Å². The van der Waals surface area contributed by atoms with Gasteiger partial charge in [0.25, 0.3) is 0 Å². The van der Waals surface area contributed by atoms with Gasteiger partial charge in [0.2, 0.25) is 5.91 Å². The number of para-hydroxylation sites is 2. The zero-order valence-corrected chi connectivity index (χ0v) is 15.2. The summed E-state index contributed by atoms with van der Waals surface area (Å²) in [6.07, 6.45) is 1.62. The summed E-state index contributed by atoms with van der Waals surface area (Å²) in [4.78, 5) is 17.0. The molecule has 0 saturated heterocycles. The zero-order chi connectivity index (χ0) is 17.1. The van der Waals surface area contributed by atoms with E-state index in [0.717, 1.165) is 16.9 Å². The van der Waals surface area contributed by atoms with Crippen LogP contribution in [-0.4, -0.2) is 31.7 Å². The summed E-state index contributed by atoms with van der Waals surface area (Å²) in [6, 6.07) is 8.03. The highest BCUT2D eigenvalue weighted by molar-refractivity contribution is 7.84. The third kappa shape index (κ3) is 3.99. The maximum Gasteiger partial charge on any atom is 0.224 e. The van der Waals surface area contributed by atoms with Crippen LogP contribution in [0.2, 0.25) is 0 Å². The van der Waals surface area contributed by atoms with Crippen molar-refractivity contribution in [2.24, 2.45) is 5.92 Å². The number of hydrogen-bond donors (Lipinski definition) is 1. The molecule has 0 saturated carbocycles. The van der Waals surface area contributed by atoms with E-state index >= 15 is 0 Å². The molecule has 6 heteroatoms. The van der Waals surface area contributed by atoms with Gasteiger partial charge in [-0.3, -0.25) is 9.00 Å². The Morgan fingerprint density at radius 2 is 1.91 bits per heavy atom. The normalized spacial score (nSPS) is 15.6. The van der Waals surface area contributed by atoms with E-state index < -0.39 is 10.8 Å². The van der Waals surface area contributed by atoms with Gasteiger partial charge in [-0.15, -0.1) is 0 Å². The number of nitrogens with zero attached hydrogens (tertiary/aromatic N) is 2. The molecule has 0 fully saturated rings. The van der Waals surface area contributed by atoms with E-state index in [0.29, 0.717) is 5.75 Å². The number of nitrogens with one attached hydrogen (secondary N) is 1. The Morgan fingerprint density at radius 3 is 2.52 bits per heavy atom. The van der Waals surface area contributed by atoms with Gasteiger partial charge in [0.1, 0.15) is 5.82 Å². The Hall–Kier alpha value is -1.69.